The number of hydrogen-bond donors (Lipinski definition) is 1. The predicted molar refractivity (Wildman–Crippen MR) is 76.1 cm³/mol. The van der Waals surface area contributed by atoms with Crippen LogP contribution >= 0.6 is 0 Å². The lowest BCUT2D eigenvalue weighted by molar-refractivity contribution is -0.133. The van der Waals surface area contributed by atoms with Gasteiger partial charge in [-0.25, -0.2) is 4.79 Å². The summed E-state index contributed by atoms with van der Waals surface area (Å²) in [5, 5.41) is 8.64. The minimum absolute atomic E-state index is 0.0954. The number of aliphatic carboxylic acids is 1. The third-order valence-electron chi connectivity index (χ3n) is 3.70. The highest BCUT2D eigenvalue weighted by Crippen LogP contribution is 2.16. The lowest BCUT2D eigenvalue weighted by atomic mass is 9.99. The summed E-state index contributed by atoms with van der Waals surface area (Å²) in [6.07, 6.45) is 6.51. The zero-order valence-electron chi connectivity index (χ0n) is 11.7. The van der Waals surface area contributed by atoms with E-state index in [4.69, 9.17) is 5.11 Å². The molecule has 2 heterocycles. The summed E-state index contributed by atoms with van der Waals surface area (Å²) in [5.41, 5.74) is 0.728. The molecular formula is C15H20N2O3. The summed E-state index contributed by atoms with van der Waals surface area (Å²) in [4.78, 5) is 24.7. The molecule has 0 spiro atoms. The third kappa shape index (κ3) is 3.73. The Morgan fingerprint density at radius 3 is 2.75 bits per heavy atom. The van der Waals surface area contributed by atoms with Crippen LogP contribution in [0.25, 0.3) is 6.08 Å². The number of carboxylic acids is 1. The van der Waals surface area contributed by atoms with Crippen molar-refractivity contribution in [1.82, 2.24) is 9.47 Å². The Morgan fingerprint density at radius 1 is 1.40 bits per heavy atom. The highest BCUT2D eigenvalue weighted by molar-refractivity contribution is 5.85. The second kappa shape index (κ2) is 6.41. The molecule has 1 N–H and O–H groups in total. The Morgan fingerprint density at radius 2 is 2.10 bits per heavy atom. The van der Waals surface area contributed by atoms with Crippen molar-refractivity contribution in [3.8, 4) is 0 Å². The van der Waals surface area contributed by atoms with Crippen molar-refractivity contribution in [2.45, 2.75) is 26.3 Å². The molecule has 1 amide bonds. The number of carboxylic acid groups (broad SMARTS) is 1. The van der Waals surface area contributed by atoms with Crippen molar-refractivity contribution in [3.63, 3.8) is 0 Å². The largest absolute Gasteiger partial charge is 0.478 e. The average Bonchev–Trinajstić information content (AvgIpc) is 2.84. The number of hydrogen-bond acceptors (Lipinski definition) is 2. The lowest BCUT2D eigenvalue weighted by Gasteiger charge is -2.30. The molecule has 0 saturated carbocycles. The summed E-state index contributed by atoms with van der Waals surface area (Å²) < 4.78 is 1.78. The van der Waals surface area contributed by atoms with Crippen molar-refractivity contribution in [2.75, 3.05) is 13.1 Å². The number of rotatable bonds is 4. The molecule has 0 radical (unpaired) electrons. The Kier molecular flexibility index (Phi) is 4.61. The average molecular weight is 276 g/mol. The molecule has 2 rings (SSSR count). The van der Waals surface area contributed by atoms with Crippen LogP contribution in [0.1, 0.15) is 25.5 Å². The molecule has 0 aliphatic carbocycles. The first kappa shape index (κ1) is 14.4. The minimum Gasteiger partial charge on any atom is -0.478 e. The molecule has 0 unspecified atom stereocenters. The SMILES string of the molecule is CC1CCN(C(=O)Cn2cccc2/C=C/C(=O)O)CC1. The molecule has 108 valence electrons. The molecule has 0 aromatic carbocycles. The number of carbonyl (C=O) groups is 2. The van der Waals surface area contributed by atoms with E-state index in [9.17, 15) is 9.59 Å². The second-order valence-corrected chi connectivity index (χ2v) is 5.30. The van der Waals surface area contributed by atoms with Gasteiger partial charge >= 0.3 is 5.97 Å². The fourth-order valence-corrected chi connectivity index (χ4v) is 2.38. The molecule has 1 saturated heterocycles. The van der Waals surface area contributed by atoms with E-state index in [0.717, 1.165) is 37.7 Å². The van der Waals surface area contributed by atoms with Crippen LogP contribution in [0.3, 0.4) is 0 Å². The minimum atomic E-state index is -0.992. The first-order valence-corrected chi connectivity index (χ1v) is 6.90. The Bertz CT molecular complexity index is 511. The van der Waals surface area contributed by atoms with Gasteiger partial charge in [-0.2, -0.15) is 0 Å². The number of piperidine rings is 1. The first-order valence-electron chi connectivity index (χ1n) is 6.90. The van der Waals surface area contributed by atoms with Crippen molar-refractivity contribution >= 4 is 18.0 Å². The molecule has 1 aliphatic rings. The van der Waals surface area contributed by atoms with E-state index in [1.165, 1.54) is 6.08 Å². The maximum absolute atomic E-state index is 12.2. The first-order chi connectivity index (χ1) is 9.56. The van der Waals surface area contributed by atoms with E-state index in [1.807, 2.05) is 11.0 Å². The number of likely N-dealkylation sites (tertiary alicyclic amines) is 1. The van der Waals surface area contributed by atoms with E-state index in [0.29, 0.717) is 5.92 Å². The Balaban J connectivity index is 1.98. The van der Waals surface area contributed by atoms with Gasteiger partial charge in [0, 0.05) is 31.1 Å². The quantitative estimate of drug-likeness (QED) is 0.854. The Hall–Kier alpha value is -2.04. The van der Waals surface area contributed by atoms with Crippen LogP contribution in [-0.2, 0) is 16.1 Å². The maximum Gasteiger partial charge on any atom is 0.328 e. The van der Waals surface area contributed by atoms with Gasteiger partial charge in [0.2, 0.25) is 5.91 Å². The molecular weight excluding hydrogens is 256 g/mol. The van der Waals surface area contributed by atoms with Crippen molar-refractivity contribution in [2.24, 2.45) is 5.92 Å². The summed E-state index contributed by atoms with van der Waals surface area (Å²) >= 11 is 0. The van der Waals surface area contributed by atoms with Gasteiger partial charge in [0.15, 0.2) is 0 Å². The monoisotopic (exact) mass is 276 g/mol. The van der Waals surface area contributed by atoms with Gasteiger partial charge in [0.25, 0.3) is 0 Å². The van der Waals surface area contributed by atoms with Crippen LogP contribution in [0.15, 0.2) is 24.4 Å². The molecule has 0 bridgehead atoms. The summed E-state index contributed by atoms with van der Waals surface area (Å²) in [6.45, 7) is 4.12. The van der Waals surface area contributed by atoms with Crippen LogP contribution < -0.4 is 0 Å². The Labute approximate surface area is 118 Å². The van der Waals surface area contributed by atoms with Crippen LogP contribution in [0.5, 0.6) is 0 Å². The van der Waals surface area contributed by atoms with Gasteiger partial charge < -0.3 is 14.6 Å². The molecule has 1 aliphatic heterocycles. The molecule has 1 aromatic heterocycles. The number of carbonyl (C=O) groups excluding carboxylic acids is 1. The third-order valence-corrected chi connectivity index (χ3v) is 3.70. The number of aromatic nitrogens is 1. The molecule has 1 aromatic rings. The summed E-state index contributed by atoms with van der Waals surface area (Å²) in [5.74, 6) is -0.202. The van der Waals surface area contributed by atoms with E-state index in [1.54, 1.807) is 16.8 Å². The highest BCUT2D eigenvalue weighted by atomic mass is 16.4. The molecule has 1 fully saturated rings. The van der Waals surface area contributed by atoms with E-state index >= 15 is 0 Å². The van der Waals surface area contributed by atoms with Gasteiger partial charge in [-0.1, -0.05) is 6.92 Å². The molecule has 0 atom stereocenters. The standard InChI is InChI=1S/C15H20N2O3/c1-12-6-9-16(10-7-12)14(18)11-17-8-2-3-13(17)4-5-15(19)20/h2-5,8,12H,6-7,9-11H2,1H3,(H,19,20)/b5-4+. The molecule has 5 heteroatoms. The lowest BCUT2D eigenvalue weighted by Crippen LogP contribution is -2.39. The van der Waals surface area contributed by atoms with Crippen molar-refractivity contribution in [3.05, 3.63) is 30.1 Å². The fourth-order valence-electron chi connectivity index (χ4n) is 2.38. The fraction of sp³-hybridized carbons (Fsp3) is 0.467. The van der Waals surface area contributed by atoms with Gasteiger partial charge in [-0.15, -0.1) is 0 Å². The molecule has 20 heavy (non-hydrogen) atoms. The van der Waals surface area contributed by atoms with Crippen LogP contribution in [0.4, 0.5) is 0 Å². The van der Waals surface area contributed by atoms with Gasteiger partial charge in [0.1, 0.15) is 6.54 Å². The number of amides is 1. The molecule has 5 nitrogen and oxygen atoms in total. The summed E-state index contributed by atoms with van der Waals surface area (Å²) in [6, 6.07) is 3.61. The van der Waals surface area contributed by atoms with Crippen molar-refractivity contribution < 1.29 is 14.7 Å². The van der Waals surface area contributed by atoms with Crippen LogP contribution in [-0.4, -0.2) is 39.5 Å². The van der Waals surface area contributed by atoms with Gasteiger partial charge in [-0.3, -0.25) is 4.79 Å². The maximum atomic E-state index is 12.2. The van der Waals surface area contributed by atoms with Gasteiger partial charge in [-0.05, 0) is 37.0 Å². The van der Waals surface area contributed by atoms with E-state index < -0.39 is 5.97 Å². The number of nitrogens with zero attached hydrogens (tertiary/aromatic N) is 2. The van der Waals surface area contributed by atoms with Crippen LogP contribution in [0.2, 0.25) is 0 Å². The van der Waals surface area contributed by atoms with Crippen LogP contribution in [0, 0.1) is 5.92 Å². The van der Waals surface area contributed by atoms with Gasteiger partial charge in [0.05, 0.1) is 0 Å². The van der Waals surface area contributed by atoms with Crippen molar-refractivity contribution in [1.29, 1.82) is 0 Å². The normalized spacial score (nSPS) is 16.8. The van der Waals surface area contributed by atoms with E-state index in [2.05, 4.69) is 6.92 Å². The zero-order chi connectivity index (χ0) is 14.5. The second-order valence-electron chi connectivity index (χ2n) is 5.30. The predicted octanol–water partition coefficient (Wildman–Crippen LogP) is 1.84. The van der Waals surface area contributed by atoms with E-state index in [-0.39, 0.29) is 12.5 Å². The summed E-state index contributed by atoms with van der Waals surface area (Å²) in [7, 11) is 0. The smallest absolute Gasteiger partial charge is 0.328 e. The zero-order valence-corrected chi connectivity index (χ0v) is 11.7. The topological polar surface area (TPSA) is 62.5 Å². The highest BCUT2D eigenvalue weighted by Gasteiger charge is 2.20.